The Balaban J connectivity index is 2.90. The van der Waals surface area contributed by atoms with Gasteiger partial charge in [-0.2, -0.15) is 0 Å². The third-order valence-electron chi connectivity index (χ3n) is 1.93. The zero-order chi connectivity index (χ0) is 10.7. The van der Waals surface area contributed by atoms with Crippen LogP contribution in [0.1, 0.15) is 24.9 Å². The van der Waals surface area contributed by atoms with Crippen molar-refractivity contribution in [1.82, 2.24) is 0 Å². The molecule has 0 aromatic heterocycles. The van der Waals surface area contributed by atoms with Gasteiger partial charge in [0.2, 0.25) is 0 Å². The van der Waals surface area contributed by atoms with Crippen molar-refractivity contribution in [3.05, 3.63) is 46.8 Å². The molecule has 0 saturated heterocycles. The maximum Gasteiger partial charge on any atom is 0.129 e. The van der Waals surface area contributed by atoms with E-state index in [9.17, 15) is 4.39 Å². The first-order valence-electron chi connectivity index (χ1n) is 4.35. The Labute approximate surface area is 88.4 Å². The van der Waals surface area contributed by atoms with Gasteiger partial charge in [-0.3, -0.25) is 0 Å². The van der Waals surface area contributed by atoms with Gasteiger partial charge in [-0.15, -0.1) is 6.58 Å². The Morgan fingerprint density at radius 1 is 1.64 bits per heavy atom. The van der Waals surface area contributed by atoms with Gasteiger partial charge in [-0.25, -0.2) is 4.39 Å². The molecule has 0 radical (unpaired) electrons. The van der Waals surface area contributed by atoms with E-state index >= 15 is 0 Å². The van der Waals surface area contributed by atoms with Crippen LogP contribution in [0.3, 0.4) is 0 Å². The van der Waals surface area contributed by atoms with Gasteiger partial charge < -0.3 is 5.73 Å². The van der Waals surface area contributed by atoms with Gasteiger partial charge >= 0.3 is 0 Å². The van der Waals surface area contributed by atoms with Crippen molar-refractivity contribution in [2.45, 2.75) is 19.4 Å². The molecule has 2 N–H and O–H groups in total. The zero-order valence-electron chi connectivity index (χ0n) is 8.06. The van der Waals surface area contributed by atoms with Crippen molar-refractivity contribution in [2.75, 3.05) is 0 Å². The summed E-state index contributed by atoms with van der Waals surface area (Å²) < 4.78 is 13.4. The maximum atomic E-state index is 13.4. The Morgan fingerprint density at radius 3 is 2.79 bits per heavy atom. The molecule has 14 heavy (non-hydrogen) atoms. The van der Waals surface area contributed by atoms with Crippen LogP contribution in [-0.2, 0) is 0 Å². The number of rotatable bonds is 3. The Kier molecular flexibility index (Phi) is 3.67. The number of benzene rings is 1. The predicted molar refractivity (Wildman–Crippen MR) is 57.8 cm³/mol. The molecule has 0 spiro atoms. The van der Waals surface area contributed by atoms with Crippen LogP contribution in [0.25, 0.3) is 0 Å². The lowest BCUT2D eigenvalue weighted by Gasteiger charge is -2.12. The first-order chi connectivity index (χ1) is 6.50. The molecule has 76 valence electrons. The summed E-state index contributed by atoms with van der Waals surface area (Å²) in [5, 5.41) is 0.383. The van der Waals surface area contributed by atoms with E-state index in [0.717, 1.165) is 5.57 Å². The summed E-state index contributed by atoms with van der Waals surface area (Å²) in [7, 11) is 0. The van der Waals surface area contributed by atoms with Gasteiger partial charge in [0.1, 0.15) is 5.82 Å². The van der Waals surface area contributed by atoms with Crippen LogP contribution >= 0.6 is 11.6 Å². The lowest BCUT2D eigenvalue weighted by molar-refractivity contribution is 0.580. The van der Waals surface area contributed by atoms with Gasteiger partial charge in [-0.05, 0) is 25.5 Å². The first kappa shape index (κ1) is 11.2. The van der Waals surface area contributed by atoms with Gasteiger partial charge in [0, 0.05) is 16.6 Å². The van der Waals surface area contributed by atoms with Crippen molar-refractivity contribution >= 4 is 11.6 Å². The number of nitrogens with two attached hydrogens (primary N) is 1. The largest absolute Gasteiger partial charge is 0.324 e. The van der Waals surface area contributed by atoms with E-state index in [4.69, 9.17) is 17.3 Å². The monoisotopic (exact) mass is 213 g/mol. The fraction of sp³-hybridized carbons (Fsp3) is 0.273. The summed E-state index contributed by atoms with van der Waals surface area (Å²) >= 11 is 5.63. The highest BCUT2D eigenvalue weighted by Gasteiger charge is 2.11. The second-order valence-corrected chi connectivity index (χ2v) is 3.87. The molecule has 0 aliphatic heterocycles. The highest BCUT2D eigenvalue weighted by molar-refractivity contribution is 6.30. The normalized spacial score (nSPS) is 12.6. The standard InChI is InChI=1S/C11H13ClFN/c1-7(2)5-11(14)9-4-3-8(12)6-10(9)13/h3-4,6,11H,1,5,14H2,2H3/t11-/m1/s1. The Bertz CT molecular complexity index is 349. The molecule has 0 bridgehead atoms. The smallest absolute Gasteiger partial charge is 0.129 e. The third kappa shape index (κ3) is 2.82. The maximum absolute atomic E-state index is 13.4. The number of hydrogen-bond donors (Lipinski definition) is 1. The molecule has 1 rings (SSSR count). The quantitative estimate of drug-likeness (QED) is 0.765. The van der Waals surface area contributed by atoms with Crippen LogP contribution in [0.5, 0.6) is 0 Å². The second-order valence-electron chi connectivity index (χ2n) is 3.43. The number of halogens is 2. The van der Waals surface area contributed by atoms with Crippen molar-refractivity contribution < 1.29 is 4.39 Å². The minimum atomic E-state index is -0.355. The highest BCUT2D eigenvalue weighted by atomic mass is 35.5. The van der Waals surface area contributed by atoms with Crippen LogP contribution in [0, 0.1) is 5.82 Å². The fourth-order valence-electron chi connectivity index (χ4n) is 1.29. The first-order valence-corrected chi connectivity index (χ1v) is 4.73. The average molecular weight is 214 g/mol. The molecule has 0 aliphatic rings. The van der Waals surface area contributed by atoms with E-state index in [1.807, 2.05) is 6.92 Å². The lowest BCUT2D eigenvalue weighted by Crippen LogP contribution is -2.12. The second kappa shape index (κ2) is 4.58. The Hall–Kier alpha value is -0.860. The summed E-state index contributed by atoms with van der Waals surface area (Å²) in [6, 6.07) is 4.18. The van der Waals surface area contributed by atoms with Gasteiger partial charge in [-0.1, -0.05) is 23.2 Å². The van der Waals surface area contributed by atoms with Crippen molar-refractivity contribution in [3.63, 3.8) is 0 Å². The molecule has 3 heteroatoms. The molecule has 1 nitrogen and oxygen atoms in total. The van der Waals surface area contributed by atoms with Crippen molar-refractivity contribution in [3.8, 4) is 0 Å². The molecule has 0 fully saturated rings. The summed E-state index contributed by atoms with van der Waals surface area (Å²) in [4.78, 5) is 0. The molecule has 0 aliphatic carbocycles. The van der Waals surface area contributed by atoms with Crippen LogP contribution in [0.4, 0.5) is 4.39 Å². The molecule has 1 atom stereocenters. The van der Waals surface area contributed by atoms with E-state index in [0.29, 0.717) is 17.0 Å². The van der Waals surface area contributed by atoms with E-state index in [2.05, 4.69) is 6.58 Å². The van der Waals surface area contributed by atoms with E-state index in [1.165, 1.54) is 6.07 Å². The van der Waals surface area contributed by atoms with Crippen LogP contribution in [-0.4, -0.2) is 0 Å². The topological polar surface area (TPSA) is 26.0 Å². The third-order valence-corrected chi connectivity index (χ3v) is 2.17. The van der Waals surface area contributed by atoms with E-state index < -0.39 is 0 Å². The fourth-order valence-corrected chi connectivity index (χ4v) is 1.45. The van der Waals surface area contributed by atoms with Gasteiger partial charge in [0.15, 0.2) is 0 Å². The molecule has 1 aromatic rings. The molecule has 0 unspecified atom stereocenters. The highest BCUT2D eigenvalue weighted by Crippen LogP contribution is 2.23. The lowest BCUT2D eigenvalue weighted by atomic mass is 10.0. The van der Waals surface area contributed by atoms with Crippen LogP contribution in [0.2, 0.25) is 5.02 Å². The number of hydrogen-bond acceptors (Lipinski definition) is 1. The molecule has 0 saturated carbocycles. The predicted octanol–water partition coefficient (Wildman–Crippen LogP) is 3.45. The summed E-state index contributed by atoms with van der Waals surface area (Å²) in [5.74, 6) is -0.355. The summed E-state index contributed by atoms with van der Waals surface area (Å²) in [6.45, 7) is 5.61. The molecule has 0 amide bonds. The zero-order valence-corrected chi connectivity index (χ0v) is 8.81. The Morgan fingerprint density at radius 2 is 2.29 bits per heavy atom. The molecule has 1 aromatic carbocycles. The average Bonchev–Trinajstić information content (AvgIpc) is 2.01. The van der Waals surface area contributed by atoms with Crippen molar-refractivity contribution in [1.29, 1.82) is 0 Å². The van der Waals surface area contributed by atoms with E-state index in [-0.39, 0.29) is 11.9 Å². The minimum absolute atomic E-state index is 0.343. The summed E-state index contributed by atoms with van der Waals surface area (Å²) in [5.41, 5.74) is 7.22. The van der Waals surface area contributed by atoms with Gasteiger partial charge in [0.05, 0.1) is 0 Å². The molecule has 0 heterocycles. The SMILES string of the molecule is C=C(C)C[C@@H](N)c1ccc(Cl)cc1F. The minimum Gasteiger partial charge on any atom is -0.324 e. The van der Waals surface area contributed by atoms with Crippen molar-refractivity contribution in [2.24, 2.45) is 5.73 Å². The summed E-state index contributed by atoms with van der Waals surface area (Å²) in [6.07, 6.45) is 0.582. The van der Waals surface area contributed by atoms with Crippen LogP contribution < -0.4 is 5.73 Å². The van der Waals surface area contributed by atoms with E-state index in [1.54, 1.807) is 12.1 Å². The molecular formula is C11H13ClFN. The van der Waals surface area contributed by atoms with Gasteiger partial charge in [0.25, 0.3) is 0 Å². The van der Waals surface area contributed by atoms with Crippen LogP contribution in [0.15, 0.2) is 30.4 Å². The molecular weight excluding hydrogens is 201 g/mol.